The number of aromatic nitrogens is 1. The molecule has 6 nitrogen and oxygen atoms in total. The molecule has 134 valence electrons. The number of nitrogens with zero attached hydrogens (tertiary/aromatic N) is 1. The van der Waals surface area contributed by atoms with Crippen molar-refractivity contribution in [2.45, 2.75) is 52.9 Å². The number of amides is 1. The Bertz CT molecular complexity index is 806. The van der Waals surface area contributed by atoms with E-state index in [1.807, 2.05) is 6.92 Å². The van der Waals surface area contributed by atoms with Gasteiger partial charge in [-0.25, -0.2) is 4.79 Å². The second kappa shape index (κ2) is 7.39. The molecule has 0 radical (unpaired) electrons. The van der Waals surface area contributed by atoms with E-state index in [-0.39, 0.29) is 17.6 Å². The molecule has 2 heterocycles. The molecule has 0 fully saturated rings. The van der Waals surface area contributed by atoms with Gasteiger partial charge in [-0.2, -0.15) is 0 Å². The monoisotopic (exact) mass is 362 g/mol. The number of aryl methyl sites for hydroxylation is 2. The average Bonchev–Trinajstić information content (AvgIpc) is 3.13. The first-order chi connectivity index (χ1) is 12.0. The number of carbonyl (C=O) groups is 2. The van der Waals surface area contributed by atoms with E-state index in [2.05, 4.69) is 10.5 Å². The summed E-state index contributed by atoms with van der Waals surface area (Å²) in [6, 6.07) is 0. The van der Waals surface area contributed by atoms with E-state index < -0.39 is 0 Å². The van der Waals surface area contributed by atoms with E-state index in [9.17, 15) is 9.59 Å². The summed E-state index contributed by atoms with van der Waals surface area (Å²) in [5.74, 6) is -0.111. The lowest BCUT2D eigenvalue weighted by molar-refractivity contribution is 0.0505. The zero-order valence-corrected chi connectivity index (χ0v) is 15.5. The minimum atomic E-state index is -0.363. The normalized spacial score (nSPS) is 13.4. The summed E-state index contributed by atoms with van der Waals surface area (Å²) in [5.41, 5.74) is 2.49. The highest BCUT2D eigenvalue weighted by Gasteiger charge is 2.28. The maximum absolute atomic E-state index is 12.6. The van der Waals surface area contributed by atoms with E-state index in [0.717, 1.165) is 42.5 Å². The van der Waals surface area contributed by atoms with Gasteiger partial charge in [-0.3, -0.25) is 4.79 Å². The molecule has 0 saturated heterocycles. The third kappa shape index (κ3) is 3.46. The molecule has 1 N–H and O–H groups in total. The van der Waals surface area contributed by atoms with E-state index >= 15 is 0 Å². The van der Waals surface area contributed by atoms with Crippen molar-refractivity contribution in [3.8, 4) is 0 Å². The Morgan fingerprint density at radius 3 is 2.72 bits per heavy atom. The number of rotatable bonds is 5. The molecule has 1 aliphatic rings. The molecule has 0 atom stereocenters. The number of nitrogens with one attached hydrogen (secondary N) is 1. The van der Waals surface area contributed by atoms with Crippen molar-refractivity contribution in [2.24, 2.45) is 0 Å². The van der Waals surface area contributed by atoms with Gasteiger partial charge in [-0.05, 0) is 51.5 Å². The predicted octanol–water partition coefficient (Wildman–Crippen LogP) is 4.05. The van der Waals surface area contributed by atoms with Crippen LogP contribution in [0.15, 0.2) is 4.52 Å². The Kier molecular flexibility index (Phi) is 5.22. The first-order valence-electron chi connectivity index (χ1n) is 8.58. The van der Waals surface area contributed by atoms with Crippen molar-refractivity contribution < 1.29 is 18.8 Å². The number of anilines is 1. The van der Waals surface area contributed by atoms with Crippen molar-refractivity contribution in [3.63, 3.8) is 0 Å². The molecule has 1 amide bonds. The van der Waals surface area contributed by atoms with Crippen LogP contribution in [0.2, 0.25) is 0 Å². The quantitative estimate of drug-likeness (QED) is 0.812. The largest absolute Gasteiger partial charge is 0.462 e. The van der Waals surface area contributed by atoms with Crippen molar-refractivity contribution in [1.29, 1.82) is 0 Å². The first kappa shape index (κ1) is 17.7. The van der Waals surface area contributed by atoms with Crippen LogP contribution in [0.1, 0.15) is 68.8 Å². The van der Waals surface area contributed by atoms with Crippen LogP contribution < -0.4 is 5.32 Å². The molecule has 0 aliphatic heterocycles. The number of carbonyl (C=O) groups excluding carboxylic acids is 2. The molecular weight excluding hydrogens is 340 g/mol. The van der Waals surface area contributed by atoms with Crippen LogP contribution in [-0.4, -0.2) is 23.6 Å². The van der Waals surface area contributed by atoms with Crippen LogP contribution in [-0.2, 0) is 17.6 Å². The van der Waals surface area contributed by atoms with E-state index in [1.165, 1.54) is 11.3 Å². The van der Waals surface area contributed by atoms with E-state index in [1.54, 1.807) is 13.8 Å². The maximum atomic E-state index is 12.6. The summed E-state index contributed by atoms with van der Waals surface area (Å²) >= 11 is 1.47. The van der Waals surface area contributed by atoms with Crippen LogP contribution in [0, 0.1) is 13.8 Å². The number of thiophene rings is 1. The fourth-order valence-corrected chi connectivity index (χ4v) is 4.20. The molecule has 0 unspecified atom stereocenters. The molecule has 0 spiro atoms. The molecule has 3 rings (SSSR count). The van der Waals surface area contributed by atoms with Crippen LogP contribution >= 0.6 is 11.3 Å². The molecule has 2 aromatic rings. The molecular formula is C18H22N2O4S. The van der Waals surface area contributed by atoms with Crippen LogP contribution in [0.4, 0.5) is 5.00 Å². The van der Waals surface area contributed by atoms with Gasteiger partial charge in [0.1, 0.15) is 10.8 Å². The summed E-state index contributed by atoms with van der Waals surface area (Å²) in [6.45, 7) is 5.88. The minimum absolute atomic E-state index is 0.247. The zero-order chi connectivity index (χ0) is 18.0. The molecule has 7 heteroatoms. The van der Waals surface area contributed by atoms with Gasteiger partial charge in [0.15, 0.2) is 5.69 Å². The van der Waals surface area contributed by atoms with Gasteiger partial charge in [-0.15, -0.1) is 11.3 Å². The Labute approximate surface area is 150 Å². The molecule has 1 aliphatic carbocycles. The van der Waals surface area contributed by atoms with Gasteiger partial charge in [0.25, 0.3) is 5.91 Å². The van der Waals surface area contributed by atoms with E-state index in [0.29, 0.717) is 28.5 Å². The lowest BCUT2D eigenvalue weighted by Gasteiger charge is -2.12. The van der Waals surface area contributed by atoms with Crippen molar-refractivity contribution in [3.05, 3.63) is 33.0 Å². The SMILES string of the molecule is CCCOC(=O)c1c(NC(=O)c2noc(C)c2C)sc2c1CCCC2. The highest BCUT2D eigenvalue weighted by Crippen LogP contribution is 2.38. The van der Waals surface area contributed by atoms with Gasteiger partial charge in [0.2, 0.25) is 0 Å². The highest BCUT2D eigenvalue weighted by atomic mass is 32.1. The van der Waals surface area contributed by atoms with Crippen LogP contribution in [0.3, 0.4) is 0 Å². The fourth-order valence-electron chi connectivity index (χ4n) is 2.93. The third-order valence-corrected chi connectivity index (χ3v) is 5.62. The number of hydrogen-bond donors (Lipinski definition) is 1. The summed E-state index contributed by atoms with van der Waals surface area (Å²) in [5, 5.41) is 7.22. The Hall–Kier alpha value is -2.15. The Morgan fingerprint density at radius 1 is 1.28 bits per heavy atom. The third-order valence-electron chi connectivity index (χ3n) is 4.41. The summed E-state index contributed by atoms with van der Waals surface area (Å²) in [6.07, 6.45) is 4.70. The van der Waals surface area contributed by atoms with Crippen molar-refractivity contribution >= 4 is 28.2 Å². The Balaban J connectivity index is 1.92. The van der Waals surface area contributed by atoms with Crippen LogP contribution in [0.5, 0.6) is 0 Å². The van der Waals surface area contributed by atoms with Crippen LogP contribution in [0.25, 0.3) is 0 Å². The van der Waals surface area contributed by atoms with Gasteiger partial charge in [-0.1, -0.05) is 12.1 Å². The van der Waals surface area contributed by atoms with Gasteiger partial charge in [0, 0.05) is 10.4 Å². The molecule has 0 aromatic carbocycles. The average molecular weight is 362 g/mol. The van der Waals surface area contributed by atoms with Gasteiger partial charge in [0.05, 0.1) is 12.2 Å². The second-order valence-corrected chi connectivity index (χ2v) is 7.32. The minimum Gasteiger partial charge on any atom is -0.462 e. The molecule has 25 heavy (non-hydrogen) atoms. The summed E-state index contributed by atoms with van der Waals surface area (Å²) in [7, 11) is 0. The second-order valence-electron chi connectivity index (χ2n) is 6.22. The number of esters is 1. The topological polar surface area (TPSA) is 81.4 Å². The van der Waals surface area contributed by atoms with E-state index in [4.69, 9.17) is 9.26 Å². The highest BCUT2D eigenvalue weighted by molar-refractivity contribution is 7.17. The van der Waals surface area contributed by atoms with Gasteiger partial charge < -0.3 is 14.6 Å². The first-order valence-corrected chi connectivity index (χ1v) is 9.40. The number of hydrogen-bond acceptors (Lipinski definition) is 6. The predicted molar refractivity (Wildman–Crippen MR) is 95.5 cm³/mol. The smallest absolute Gasteiger partial charge is 0.341 e. The maximum Gasteiger partial charge on any atom is 0.341 e. The van der Waals surface area contributed by atoms with Crippen molar-refractivity contribution in [1.82, 2.24) is 5.16 Å². The molecule has 0 saturated carbocycles. The summed E-state index contributed by atoms with van der Waals surface area (Å²) < 4.78 is 10.4. The zero-order valence-electron chi connectivity index (χ0n) is 14.7. The molecule has 2 aromatic heterocycles. The lowest BCUT2D eigenvalue weighted by Crippen LogP contribution is -2.17. The fraction of sp³-hybridized carbons (Fsp3) is 0.500. The lowest BCUT2D eigenvalue weighted by atomic mass is 9.95. The number of fused-ring (bicyclic) bond motifs is 1. The standard InChI is InChI=1S/C18H22N2O4S/c1-4-9-23-18(22)14-12-7-5-6-8-13(12)25-17(14)19-16(21)15-10(2)11(3)24-20-15/h4-9H2,1-3H3,(H,19,21). The van der Waals surface area contributed by atoms with Crippen molar-refractivity contribution in [2.75, 3.05) is 11.9 Å². The molecule has 0 bridgehead atoms. The Morgan fingerprint density at radius 2 is 2.04 bits per heavy atom. The van der Waals surface area contributed by atoms with Gasteiger partial charge >= 0.3 is 5.97 Å². The number of ether oxygens (including phenoxy) is 1. The summed E-state index contributed by atoms with van der Waals surface area (Å²) in [4.78, 5) is 26.3.